The van der Waals surface area contributed by atoms with E-state index in [9.17, 15) is 0 Å². The van der Waals surface area contributed by atoms with E-state index in [4.69, 9.17) is 0 Å². The Morgan fingerprint density at radius 2 is 2.00 bits per heavy atom. The molecule has 0 aliphatic rings. The molecule has 0 saturated heterocycles. The maximum atomic E-state index is 3.11. The first kappa shape index (κ1) is 7.52. The Morgan fingerprint density at radius 1 is 1.38 bits per heavy atom. The number of allylic oxidation sites excluding steroid dienone is 2. The Labute approximate surface area is 53.2 Å². The van der Waals surface area contributed by atoms with Crippen LogP contribution in [0.15, 0.2) is 12.2 Å². The van der Waals surface area contributed by atoms with E-state index in [2.05, 4.69) is 24.6 Å². The zero-order chi connectivity index (χ0) is 6.41. The van der Waals surface area contributed by atoms with Crippen molar-refractivity contribution >= 4 is 8.80 Å². The summed E-state index contributed by atoms with van der Waals surface area (Å²) in [5.74, 6) is 2.95. The molecule has 0 aromatic carbocycles. The van der Waals surface area contributed by atoms with Crippen molar-refractivity contribution in [1.82, 2.24) is 0 Å². The van der Waals surface area contributed by atoms with Crippen molar-refractivity contribution in [1.29, 1.82) is 0 Å². The van der Waals surface area contributed by atoms with Gasteiger partial charge in [0.2, 0.25) is 0 Å². The predicted octanol–water partition coefficient (Wildman–Crippen LogP) is 1.86. The molecule has 0 unspecified atom stereocenters. The summed E-state index contributed by atoms with van der Waals surface area (Å²) < 4.78 is 0. The molecule has 0 amide bonds. The summed E-state index contributed by atoms with van der Waals surface area (Å²) in [6.45, 7) is 6.34. The average Bonchev–Trinajstić information content (AvgIpc) is 1.66. The Hall–Kier alpha value is -0.483. The van der Waals surface area contributed by atoms with Gasteiger partial charge in [0, 0.05) is 0 Å². The summed E-state index contributed by atoms with van der Waals surface area (Å²) in [4.78, 5) is 0. The molecule has 0 aliphatic carbocycles. The van der Waals surface area contributed by atoms with Crippen molar-refractivity contribution in [3.05, 3.63) is 12.2 Å². The molecule has 0 nitrogen and oxygen atoms in total. The van der Waals surface area contributed by atoms with Gasteiger partial charge >= 0.3 is 0 Å². The minimum Gasteiger partial charge on any atom is -0.129 e. The van der Waals surface area contributed by atoms with Crippen LogP contribution in [-0.2, 0) is 0 Å². The minimum atomic E-state index is -0.319. The van der Waals surface area contributed by atoms with E-state index < -0.39 is 0 Å². The quantitative estimate of drug-likeness (QED) is 0.341. The second-order valence-corrected chi connectivity index (χ2v) is 4.02. The van der Waals surface area contributed by atoms with Crippen LogP contribution >= 0.6 is 0 Å². The lowest BCUT2D eigenvalue weighted by Crippen LogP contribution is -1.92. The fourth-order valence-corrected chi connectivity index (χ4v) is 0.641. The van der Waals surface area contributed by atoms with Crippen LogP contribution in [0, 0.1) is 11.5 Å². The highest BCUT2D eigenvalue weighted by atomic mass is 28.3. The SMILES string of the molecule is CC=CC#C[Si](C)C. The fraction of sp³-hybridized carbons (Fsp3) is 0.429. The Morgan fingerprint density at radius 3 is 2.38 bits per heavy atom. The van der Waals surface area contributed by atoms with Gasteiger partial charge in [0.05, 0.1) is 0 Å². The molecular formula is C7H11Si. The Balaban J connectivity index is 3.51. The molecule has 0 N–H and O–H groups in total. The largest absolute Gasteiger partial charge is 0.138 e. The van der Waals surface area contributed by atoms with Crippen LogP contribution < -0.4 is 0 Å². The van der Waals surface area contributed by atoms with Gasteiger partial charge in [-0.3, -0.25) is 0 Å². The van der Waals surface area contributed by atoms with Gasteiger partial charge in [-0.2, -0.15) is 0 Å². The maximum Gasteiger partial charge on any atom is 0.138 e. The number of rotatable bonds is 0. The van der Waals surface area contributed by atoms with Crippen LogP contribution in [0.1, 0.15) is 6.92 Å². The zero-order valence-corrected chi connectivity index (χ0v) is 6.65. The van der Waals surface area contributed by atoms with Crippen molar-refractivity contribution in [3.63, 3.8) is 0 Å². The van der Waals surface area contributed by atoms with Gasteiger partial charge in [-0.25, -0.2) is 0 Å². The number of hydrogen-bond donors (Lipinski definition) is 0. The molecule has 0 aromatic rings. The normalized spacial score (nSPS) is 9.50. The highest BCUT2D eigenvalue weighted by Gasteiger charge is 1.81. The lowest BCUT2D eigenvalue weighted by atomic mass is 10.6. The summed E-state index contributed by atoms with van der Waals surface area (Å²) in [7, 11) is -0.319. The second kappa shape index (κ2) is 4.67. The Bertz CT molecular complexity index is 123. The van der Waals surface area contributed by atoms with Crippen molar-refractivity contribution in [3.8, 4) is 11.5 Å². The van der Waals surface area contributed by atoms with E-state index in [0.29, 0.717) is 0 Å². The molecule has 0 fully saturated rings. The lowest BCUT2D eigenvalue weighted by Gasteiger charge is -1.78. The van der Waals surface area contributed by atoms with Crippen LogP contribution in [-0.4, -0.2) is 8.80 Å². The van der Waals surface area contributed by atoms with Gasteiger partial charge in [-0.15, -0.1) is 5.54 Å². The molecule has 0 heterocycles. The van der Waals surface area contributed by atoms with Crippen LogP contribution in [0.2, 0.25) is 13.1 Å². The Kier molecular flexibility index (Phi) is 4.39. The standard InChI is InChI=1S/C7H11Si/c1-4-5-6-7-8(2)3/h4-5H,1-3H3. The molecule has 1 radical (unpaired) electrons. The first-order chi connectivity index (χ1) is 3.77. The first-order valence-electron chi connectivity index (χ1n) is 2.70. The minimum absolute atomic E-state index is 0.319. The molecule has 0 atom stereocenters. The molecule has 43 valence electrons. The maximum absolute atomic E-state index is 3.11. The zero-order valence-electron chi connectivity index (χ0n) is 5.65. The molecule has 0 spiro atoms. The van der Waals surface area contributed by atoms with E-state index in [1.807, 2.05) is 19.1 Å². The molecule has 0 rings (SSSR count). The van der Waals surface area contributed by atoms with Crippen molar-refractivity contribution in [2.75, 3.05) is 0 Å². The molecule has 0 aliphatic heterocycles. The summed E-state index contributed by atoms with van der Waals surface area (Å²) in [5, 5.41) is 0. The van der Waals surface area contributed by atoms with Gasteiger partial charge in [0.25, 0.3) is 0 Å². The first-order valence-corrected chi connectivity index (χ1v) is 5.20. The lowest BCUT2D eigenvalue weighted by molar-refractivity contribution is 1.76. The molecule has 0 aromatic heterocycles. The molecule has 8 heavy (non-hydrogen) atoms. The van der Waals surface area contributed by atoms with Crippen molar-refractivity contribution < 1.29 is 0 Å². The summed E-state index contributed by atoms with van der Waals surface area (Å²) in [5.41, 5.74) is 3.11. The van der Waals surface area contributed by atoms with E-state index in [-0.39, 0.29) is 8.80 Å². The summed E-state index contributed by atoms with van der Waals surface area (Å²) in [6.07, 6.45) is 3.84. The van der Waals surface area contributed by atoms with Crippen LogP contribution in [0.4, 0.5) is 0 Å². The topological polar surface area (TPSA) is 0 Å². The van der Waals surface area contributed by atoms with Gasteiger partial charge < -0.3 is 0 Å². The molecule has 0 saturated carbocycles. The highest BCUT2D eigenvalue weighted by molar-refractivity contribution is 6.64. The van der Waals surface area contributed by atoms with E-state index >= 15 is 0 Å². The molecule has 1 heteroatoms. The van der Waals surface area contributed by atoms with Crippen molar-refractivity contribution in [2.45, 2.75) is 20.0 Å². The van der Waals surface area contributed by atoms with Crippen molar-refractivity contribution in [2.24, 2.45) is 0 Å². The third kappa shape index (κ3) is 5.52. The molecular weight excluding hydrogens is 112 g/mol. The fourth-order valence-electron chi connectivity index (χ4n) is 0.269. The second-order valence-electron chi connectivity index (χ2n) is 1.77. The van der Waals surface area contributed by atoms with E-state index in [0.717, 1.165) is 0 Å². The van der Waals surface area contributed by atoms with Gasteiger partial charge in [-0.05, 0) is 13.0 Å². The van der Waals surface area contributed by atoms with Gasteiger partial charge in [0.15, 0.2) is 0 Å². The van der Waals surface area contributed by atoms with E-state index in [1.165, 1.54) is 0 Å². The monoisotopic (exact) mass is 123 g/mol. The molecule has 0 bridgehead atoms. The third-order valence-corrected chi connectivity index (χ3v) is 1.22. The van der Waals surface area contributed by atoms with Gasteiger partial charge in [0.1, 0.15) is 8.80 Å². The van der Waals surface area contributed by atoms with Crippen LogP contribution in [0.5, 0.6) is 0 Å². The van der Waals surface area contributed by atoms with Gasteiger partial charge in [-0.1, -0.05) is 25.1 Å². The van der Waals surface area contributed by atoms with Crippen LogP contribution in [0.25, 0.3) is 0 Å². The van der Waals surface area contributed by atoms with Crippen LogP contribution in [0.3, 0.4) is 0 Å². The number of hydrogen-bond acceptors (Lipinski definition) is 0. The summed E-state index contributed by atoms with van der Waals surface area (Å²) >= 11 is 0. The highest BCUT2D eigenvalue weighted by Crippen LogP contribution is 1.73. The average molecular weight is 123 g/mol. The third-order valence-electron chi connectivity index (χ3n) is 0.572. The summed E-state index contributed by atoms with van der Waals surface area (Å²) in [6, 6.07) is 0. The predicted molar refractivity (Wildman–Crippen MR) is 40.1 cm³/mol. The van der Waals surface area contributed by atoms with E-state index in [1.54, 1.807) is 0 Å². The smallest absolute Gasteiger partial charge is 0.129 e.